The third-order valence-corrected chi connectivity index (χ3v) is 4.71. The van der Waals surface area contributed by atoms with E-state index in [9.17, 15) is 4.79 Å². The van der Waals surface area contributed by atoms with Gasteiger partial charge in [-0.05, 0) is 42.9 Å². The molecule has 132 valence electrons. The number of nitrogens with two attached hydrogens (primary N) is 1. The summed E-state index contributed by atoms with van der Waals surface area (Å²) < 4.78 is 5.80. The van der Waals surface area contributed by atoms with E-state index in [4.69, 9.17) is 10.5 Å². The summed E-state index contributed by atoms with van der Waals surface area (Å²) in [5.41, 5.74) is 8.22. The molecule has 25 heavy (non-hydrogen) atoms. The quantitative estimate of drug-likeness (QED) is 0.851. The van der Waals surface area contributed by atoms with E-state index in [2.05, 4.69) is 17.4 Å². The Hall–Kier alpha value is -2.33. The Morgan fingerprint density at radius 2 is 1.68 bits per heavy atom. The number of carbonyl (C=O) groups excluding carboxylic acids is 1. The molecule has 3 rings (SSSR count). The third kappa shape index (κ3) is 5.33. The van der Waals surface area contributed by atoms with Gasteiger partial charge < -0.3 is 15.8 Å². The molecule has 4 nitrogen and oxygen atoms in total. The van der Waals surface area contributed by atoms with Crippen LogP contribution < -0.4 is 15.8 Å². The van der Waals surface area contributed by atoms with Crippen LogP contribution in [0.5, 0.6) is 5.75 Å². The van der Waals surface area contributed by atoms with Gasteiger partial charge in [-0.15, -0.1) is 0 Å². The van der Waals surface area contributed by atoms with Crippen molar-refractivity contribution in [1.29, 1.82) is 0 Å². The molecule has 0 saturated heterocycles. The second-order valence-corrected chi connectivity index (χ2v) is 6.74. The van der Waals surface area contributed by atoms with E-state index in [-0.39, 0.29) is 24.6 Å². The first-order chi connectivity index (χ1) is 12.2. The summed E-state index contributed by atoms with van der Waals surface area (Å²) in [5, 5.41) is 3.06. The SMILES string of the molecule is NC1CCC(NC(=O)COc2ccccc2Cc2ccccc2)CC1. The zero-order chi connectivity index (χ0) is 17.5. The second-order valence-electron chi connectivity index (χ2n) is 6.74. The van der Waals surface area contributed by atoms with Gasteiger partial charge in [0, 0.05) is 18.5 Å². The van der Waals surface area contributed by atoms with Gasteiger partial charge in [0.25, 0.3) is 5.91 Å². The summed E-state index contributed by atoms with van der Waals surface area (Å²) in [6.45, 7) is 0.0500. The van der Waals surface area contributed by atoms with E-state index >= 15 is 0 Å². The monoisotopic (exact) mass is 338 g/mol. The third-order valence-electron chi connectivity index (χ3n) is 4.71. The number of ether oxygens (including phenoxy) is 1. The van der Waals surface area contributed by atoms with Crippen molar-refractivity contribution in [2.45, 2.75) is 44.2 Å². The van der Waals surface area contributed by atoms with Gasteiger partial charge in [0.15, 0.2) is 6.61 Å². The van der Waals surface area contributed by atoms with Gasteiger partial charge in [-0.2, -0.15) is 0 Å². The van der Waals surface area contributed by atoms with Crippen molar-refractivity contribution >= 4 is 5.91 Å². The van der Waals surface area contributed by atoms with Crippen LogP contribution in [0.15, 0.2) is 54.6 Å². The Bertz CT molecular complexity index is 679. The predicted molar refractivity (Wildman–Crippen MR) is 99.6 cm³/mol. The molecule has 1 fully saturated rings. The largest absolute Gasteiger partial charge is 0.483 e. The zero-order valence-corrected chi connectivity index (χ0v) is 14.5. The molecule has 0 aromatic heterocycles. The Morgan fingerprint density at radius 1 is 1.00 bits per heavy atom. The normalized spacial score (nSPS) is 20.0. The van der Waals surface area contributed by atoms with Crippen molar-refractivity contribution in [3.05, 3.63) is 65.7 Å². The lowest BCUT2D eigenvalue weighted by Gasteiger charge is -2.26. The number of amides is 1. The molecule has 0 spiro atoms. The Kier molecular flexibility index (Phi) is 6.07. The first-order valence-electron chi connectivity index (χ1n) is 9.00. The fourth-order valence-electron chi connectivity index (χ4n) is 3.28. The van der Waals surface area contributed by atoms with Crippen molar-refractivity contribution in [2.75, 3.05) is 6.61 Å². The maximum atomic E-state index is 12.2. The molecule has 1 aliphatic rings. The lowest BCUT2D eigenvalue weighted by Crippen LogP contribution is -2.42. The van der Waals surface area contributed by atoms with Crippen LogP contribution in [-0.2, 0) is 11.2 Å². The first kappa shape index (κ1) is 17.5. The molecule has 0 heterocycles. The zero-order valence-electron chi connectivity index (χ0n) is 14.5. The minimum Gasteiger partial charge on any atom is -0.483 e. The van der Waals surface area contributed by atoms with E-state index in [0.29, 0.717) is 0 Å². The molecule has 0 radical (unpaired) electrons. The van der Waals surface area contributed by atoms with Gasteiger partial charge in [-0.1, -0.05) is 48.5 Å². The molecular weight excluding hydrogens is 312 g/mol. The fourth-order valence-corrected chi connectivity index (χ4v) is 3.28. The first-order valence-corrected chi connectivity index (χ1v) is 9.00. The number of benzene rings is 2. The van der Waals surface area contributed by atoms with Crippen LogP contribution in [0.4, 0.5) is 0 Å². The van der Waals surface area contributed by atoms with Gasteiger partial charge >= 0.3 is 0 Å². The highest BCUT2D eigenvalue weighted by molar-refractivity contribution is 5.77. The molecule has 4 heteroatoms. The lowest BCUT2D eigenvalue weighted by atomic mass is 9.92. The average molecular weight is 338 g/mol. The molecule has 2 aromatic rings. The van der Waals surface area contributed by atoms with Crippen LogP contribution in [0.3, 0.4) is 0 Å². The van der Waals surface area contributed by atoms with E-state index in [1.54, 1.807) is 0 Å². The molecule has 2 aromatic carbocycles. The number of para-hydroxylation sites is 1. The van der Waals surface area contributed by atoms with Crippen molar-refractivity contribution in [2.24, 2.45) is 5.73 Å². The van der Waals surface area contributed by atoms with Crippen LogP contribution in [0, 0.1) is 0 Å². The van der Waals surface area contributed by atoms with Gasteiger partial charge in [0.2, 0.25) is 0 Å². The number of hydrogen-bond donors (Lipinski definition) is 2. The van der Waals surface area contributed by atoms with E-state index in [0.717, 1.165) is 43.4 Å². The van der Waals surface area contributed by atoms with Crippen LogP contribution in [0.25, 0.3) is 0 Å². The van der Waals surface area contributed by atoms with Gasteiger partial charge in [-0.25, -0.2) is 0 Å². The van der Waals surface area contributed by atoms with Crippen LogP contribution in [-0.4, -0.2) is 24.6 Å². The maximum absolute atomic E-state index is 12.2. The summed E-state index contributed by atoms with van der Waals surface area (Å²) in [6, 6.07) is 18.7. The Labute approximate surface area is 149 Å². The standard InChI is InChI=1S/C21H26N2O2/c22-18-10-12-19(13-11-18)23-21(24)15-25-20-9-5-4-8-17(20)14-16-6-2-1-3-7-16/h1-9,18-19H,10-15,22H2,(H,23,24). The highest BCUT2D eigenvalue weighted by atomic mass is 16.5. The molecule has 1 amide bonds. The van der Waals surface area contributed by atoms with Gasteiger partial charge in [0.05, 0.1) is 0 Å². The van der Waals surface area contributed by atoms with Crippen LogP contribution in [0.2, 0.25) is 0 Å². The smallest absolute Gasteiger partial charge is 0.258 e. The van der Waals surface area contributed by atoms with E-state index in [1.165, 1.54) is 5.56 Å². The number of hydrogen-bond acceptors (Lipinski definition) is 3. The second kappa shape index (κ2) is 8.67. The molecule has 3 N–H and O–H groups in total. The Morgan fingerprint density at radius 3 is 2.44 bits per heavy atom. The van der Waals surface area contributed by atoms with Crippen LogP contribution in [0.1, 0.15) is 36.8 Å². The Balaban J connectivity index is 1.53. The summed E-state index contributed by atoms with van der Waals surface area (Å²) in [5.74, 6) is 0.710. The molecule has 0 atom stereocenters. The van der Waals surface area contributed by atoms with E-state index < -0.39 is 0 Å². The van der Waals surface area contributed by atoms with E-state index in [1.807, 2.05) is 42.5 Å². The summed E-state index contributed by atoms with van der Waals surface area (Å²) in [4.78, 5) is 12.2. The lowest BCUT2D eigenvalue weighted by molar-refractivity contribution is -0.124. The highest BCUT2D eigenvalue weighted by Gasteiger charge is 2.20. The minimum atomic E-state index is -0.0602. The molecule has 1 saturated carbocycles. The summed E-state index contributed by atoms with van der Waals surface area (Å²) in [7, 11) is 0. The molecule has 0 aliphatic heterocycles. The minimum absolute atomic E-state index is 0.0500. The summed E-state index contributed by atoms with van der Waals surface area (Å²) >= 11 is 0. The fraction of sp³-hybridized carbons (Fsp3) is 0.381. The number of nitrogens with one attached hydrogen (secondary N) is 1. The molecular formula is C21H26N2O2. The molecule has 0 unspecified atom stereocenters. The summed E-state index contributed by atoms with van der Waals surface area (Å²) in [6.07, 6.45) is 4.66. The average Bonchev–Trinajstić information content (AvgIpc) is 2.64. The predicted octanol–water partition coefficient (Wildman–Crippen LogP) is 3.04. The number of rotatable bonds is 6. The molecule has 1 aliphatic carbocycles. The van der Waals surface area contributed by atoms with Gasteiger partial charge in [0.1, 0.15) is 5.75 Å². The van der Waals surface area contributed by atoms with Crippen molar-refractivity contribution in [1.82, 2.24) is 5.32 Å². The highest BCUT2D eigenvalue weighted by Crippen LogP contribution is 2.21. The van der Waals surface area contributed by atoms with Crippen molar-refractivity contribution in [3.63, 3.8) is 0 Å². The van der Waals surface area contributed by atoms with Crippen LogP contribution >= 0.6 is 0 Å². The molecule has 0 bridgehead atoms. The maximum Gasteiger partial charge on any atom is 0.258 e. The number of carbonyl (C=O) groups is 1. The van der Waals surface area contributed by atoms with Crippen molar-refractivity contribution < 1.29 is 9.53 Å². The van der Waals surface area contributed by atoms with Gasteiger partial charge in [-0.3, -0.25) is 4.79 Å². The van der Waals surface area contributed by atoms with Crippen molar-refractivity contribution in [3.8, 4) is 5.75 Å². The topological polar surface area (TPSA) is 64.3 Å².